The Kier molecular flexibility index (Phi) is 3.55. The number of halogens is 3. The van der Waals surface area contributed by atoms with Gasteiger partial charge in [0.1, 0.15) is 18.0 Å². The van der Waals surface area contributed by atoms with E-state index >= 15 is 0 Å². The number of hydrogen-bond donors (Lipinski definition) is 1. The third-order valence-electron chi connectivity index (χ3n) is 2.07. The molecule has 20 heavy (non-hydrogen) atoms. The van der Waals surface area contributed by atoms with Crippen LogP contribution in [0.5, 0.6) is 5.75 Å². The van der Waals surface area contributed by atoms with E-state index in [1.165, 1.54) is 12.3 Å². The predicted octanol–water partition coefficient (Wildman–Crippen LogP) is 1.32. The van der Waals surface area contributed by atoms with E-state index in [0.29, 0.717) is 0 Å². The second kappa shape index (κ2) is 5.15. The van der Waals surface area contributed by atoms with Crippen LogP contribution in [0.4, 0.5) is 13.2 Å². The zero-order valence-corrected chi connectivity index (χ0v) is 9.70. The van der Waals surface area contributed by atoms with Crippen molar-refractivity contribution < 1.29 is 27.8 Å². The van der Waals surface area contributed by atoms with E-state index in [2.05, 4.69) is 20.0 Å². The van der Waals surface area contributed by atoms with E-state index in [1.807, 2.05) is 0 Å². The van der Waals surface area contributed by atoms with Gasteiger partial charge < -0.3 is 9.84 Å². The molecule has 0 saturated heterocycles. The molecular formula is C10H7F3N4O3. The average molecular weight is 288 g/mol. The molecule has 2 heterocycles. The van der Waals surface area contributed by atoms with Crippen LogP contribution in [0.15, 0.2) is 24.5 Å². The molecule has 2 rings (SSSR count). The maximum atomic E-state index is 12.0. The summed E-state index contributed by atoms with van der Waals surface area (Å²) in [5.41, 5.74) is 0.487. The number of carboxylic acid groups (broad SMARTS) is 1. The minimum Gasteiger partial charge on any atom is -0.480 e. The van der Waals surface area contributed by atoms with Crippen LogP contribution >= 0.6 is 0 Å². The van der Waals surface area contributed by atoms with E-state index in [4.69, 9.17) is 5.11 Å². The molecule has 0 aliphatic heterocycles. The van der Waals surface area contributed by atoms with Crippen molar-refractivity contribution >= 4 is 5.97 Å². The highest BCUT2D eigenvalue weighted by atomic mass is 19.4. The number of carbonyl (C=O) groups is 1. The van der Waals surface area contributed by atoms with Crippen molar-refractivity contribution in [3.63, 3.8) is 0 Å². The van der Waals surface area contributed by atoms with Gasteiger partial charge in [0.05, 0.1) is 18.1 Å². The Bertz CT molecular complexity index is 609. The number of alkyl halides is 3. The molecule has 0 atom stereocenters. The van der Waals surface area contributed by atoms with Crippen molar-refractivity contribution in [2.75, 3.05) is 0 Å². The number of ether oxygens (including phenoxy) is 1. The Morgan fingerprint density at radius 2 is 2.10 bits per heavy atom. The summed E-state index contributed by atoms with van der Waals surface area (Å²) in [6, 6.07) is 2.34. The van der Waals surface area contributed by atoms with Crippen LogP contribution in [0.25, 0.3) is 11.4 Å². The number of hydrogen-bond acceptors (Lipinski definition) is 5. The van der Waals surface area contributed by atoms with Crippen LogP contribution in [-0.4, -0.2) is 37.4 Å². The molecule has 10 heteroatoms. The van der Waals surface area contributed by atoms with Gasteiger partial charge in [-0.15, -0.1) is 18.3 Å². The fourth-order valence-electron chi connectivity index (χ4n) is 1.36. The zero-order valence-electron chi connectivity index (χ0n) is 9.70. The Morgan fingerprint density at radius 1 is 1.35 bits per heavy atom. The zero-order chi connectivity index (χ0) is 14.8. The van der Waals surface area contributed by atoms with Gasteiger partial charge in [0.25, 0.3) is 0 Å². The normalized spacial score (nSPS) is 11.3. The largest absolute Gasteiger partial charge is 0.573 e. The maximum absolute atomic E-state index is 12.0. The lowest BCUT2D eigenvalue weighted by Crippen LogP contribution is -2.17. The molecule has 0 amide bonds. The quantitative estimate of drug-likeness (QED) is 0.912. The standard InChI is InChI=1S/C10H7F3N4O3/c11-10(12,13)20-6-1-2-7(14-3-6)8-4-17(16-15-8)5-9(18)19/h1-4H,5H2,(H,18,19). The Morgan fingerprint density at radius 3 is 2.65 bits per heavy atom. The molecule has 0 unspecified atom stereocenters. The summed E-state index contributed by atoms with van der Waals surface area (Å²) < 4.78 is 40.6. The number of aromatic nitrogens is 4. The number of nitrogens with zero attached hydrogens (tertiary/aromatic N) is 4. The molecule has 2 aromatic rings. The summed E-state index contributed by atoms with van der Waals surface area (Å²) in [5.74, 6) is -1.55. The number of carboxylic acids is 1. The molecule has 1 N–H and O–H groups in total. The van der Waals surface area contributed by atoms with Gasteiger partial charge >= 0.3 is 12.3 Å². The number of pyridine rings is 1. The molecule has 7 nitrogen and oxygen atoms in total. The summed E-state index contributed by atoms with van der Waals surface area (Å²) in [5, 5.41) is 15.8. The predicted molar refractivity (Wildman–Crippen MR) is 57.6 cm³/mol. The summed E-state index contributed by atoms with van der Waals surface area (Å²) >= 11 is 0. The lowest BCUT2D eigenvalue weighted by Gasteiger charge is -2.07. The molecule has 0 bridgehead atoms. The van der Waals surface area contributed by atoms with Crippen LogP contribution in [0.2, 0.25) is 0 Å². The Balaban J connectivity index is 2.13. The van der Waals surface area contributed by atoms with E-state index in [9.17, 15) is 18.0 Å². The first-order valence-electron chi connectivity index (χ1n) is 5.17. The molecule has 0 aliphatic carbocycles. The molecule has 0 aliphatic rings. The lowest BCUT2D eigenvalue weighted by atomic mass is 10.3. The van der Waals surface area contributed by atoms with Crippen molar-refractivity contribution in [3.05, 3.63) is 24.5 Å². The van der Waals surface area contributed by atoms with Gasteiger partial charge in [-0.25, -0.2) is 4.68 Å². The third kappa shape index (κ3) is 3.67. The Hall–Kier alpha value is -2.65. The second-order valence-corrected chi connectivity index (χ2v) is 3.62. The summed E-state index contributed by atoms with van der Waals surface area (Å²) in [6.45, 7) is -0.373. The van der Waals surface area contributed by atoms with E-state index in [-0.39, 0.29) is 17.9 Å². The van der Waals surface area contributed by atoms with Crippen molar-refractivity contribution in [1.29, 1.82) is 0 Å². The average Bonchev–Trinajstić information content (AvgIpc) is 2.75. The molecule has 2 aromatic heterocycles. The summed E-state index contributed by atoms with van der Waals surface area (Å²) in [4.78, 5) is 14.2. The molecule has 0 saturated carbocycles. The van der Waals surface area contributed by atoms with Crippen molar-refractivity contribution in [2.45, 2.75) is 12.9 Å². The van der Waals surface area contributed by atoms with Crippen LogP contribution < -0.4 is 4.74 Å². The SMILES string of the molecule is O=C(O)Cn1cc(-c2ccc(OC(F)(F)F)cn2)nn1. The molecule has 0 radical (unpaired) electrons. The van der Waals surface area contributed by atoms with Gasteiger partial charge in [-0.3, -0.25) is 9.78 Å². The van der Waals surface area contributed by atoms with Crippen LogP contribution in [0, 0.1) is 0 Å². The fraction of sp³-hybridized carbons (Fsp3) is 0.200. The lowest BCUT2D eigenvalue weighted by molar-refractivity contribution is -0.274. The first-order valence-corrected chi connectivity index (χ1v) is 5.17. The summed E-state index contributed by atoms with van der Waals surface area (Å²) in [7, 11) is 0. The van der Waals surface area contributed by atoms with E-state index in [0.717, 1.165) is 16.9 Å². The van der Waals surface area contributed by atoms with Gasteiger partial charge in [-0.2, -0.15) is 0 Å². The smallest absolute Gasteiger partial charge is 0.480 e. The maximum Gasteiger partial charge on any atom is 0.573 e. The molecule has 0 fully saturated rings. The monoisotopic (exact) mass is 288 g/mol. The van der Waals surface area contributed by atoms with E-state index in [1.54, 1.807) is 0 Å². The third-order valence-corrected chi connectivity index (χ3v) is 2.07. The number of aliphatic carboxylic acids is 1. The molecule has 106 valence electrons. The first kappa shape index (κ1) is 13.8. The first-order chi connectivity index (χ1) is 9.33. The van der Waals surface area contributed by atoms with Gasteiger partial charge in [-0.1, -0.05) is 5.21 Å². The summed E-state index contributed by atoms with van der Waals surface area (Å²) in [6.07, 6.45) is -2.58. The van der Waals surface area contributed by atoms with Crippen LogP contribution in [-0.2, 0) is 11.3 Å². The molecule has 0 aromatic carbocycles. The molecular weight excluding hydrogens is 281 g/mol. The molecule has 0 spiro atoms. The van der Waals surface area contributed by atoms with Crippen LogP contribution in [0.1, 0.15) is 0 Å². The van der Waals surface area contributed by atoms with E-state index < -0.39 is 18.1 Å². The minimum absolute atomic E-state index is 0.241. The highest BCUT2D eigenvalue weighted by molar-refractivity contribution is 5.66. The van der Waals surface area contributed by atoms with Crippen molar-refractivity contribution in [3.8, 4) is 17.1 Å². The van der Waals surface area contributed by atoms with Gasteiger partial charge in [0.15, 0.2) is 0 Å². The van der Waals surface area contributed by atoms with Gasteiger partial charge in [0, 0.05) is 0 Å². The topological polar surface area (TPSA) is 90.1 Å². The Labute approximate surface area is 109 Å². The highest BCUT2D eigenvalue weighted by Crippen LogP contribution is 2.23. The van der Waals surface area contributed by atoms with Gasteiger partial charge in [-0.05, 0) is 12.1 Å². The highest BCUT2D eigenvalue weighted by Gasteiger charge is 2.31. The van der Waals surface area contributed by atoms with Crippen LogP contribution in [0.3, 0.4) is 0 Å². The number of rotatable bonds is 4. The minimum atomic E-state index is -4.78. The fourth-order valence-corrected chi connectivity index (χ4v) is 1.36. The van der Waals surface area contributed by atoms with Crippen molar-refractivity contribution in [2.24, 2.45) is 0 Å². The second-order valence-electron chi connectivity index (χ2n) is 3.62. The van der Waals surface area contributed by atoms with Gasteiger partial charge in [0.2, 0.25) is 0 Å². The van der Waals surface area contributed by atoms with Crippen molar-refractivity contribution in [1.82, 2.24) is 20.0 Å².